The second kappa shape index (κ2) is 5.44. The van der Waals surface area contributed by atoms with Crippen LogP contribution < -0.4 is 4.72 Å². The molecule has 1 heterocycles. The third-order valence-corrected chi connectivity index (χ3v) is 3.80. The molecule has 0 bridgehead atoms. The minimum atomic E-state index is -4.16. The fourth-order valence-corrected chi connectivity index (χ4v) is 2.50. The minimum Gasteiger partial charge on any atom is -0.478 e. The van der Waals surface area contributed by atoms with E-state index in [9.17, 15) is 22.0 Å². The Kier molecular flexibility index (Phi) is 3.85. The molecule has 0 aliphatic heterocycles. The highest BCUT2D eigenvalue weighted by atomic mass is 32.2. The summed E-state index contributed by atoms with van der Waals surface area (Å²) in [5.41, 5.74) is -0.773. The van der Waals surface area contributed by atoms with Crippen molar-refractivity contribution >= 4 is 21.8 Å². The fourth-order valence-electron chi connectivity index (χ4n) is 1.47. The van der Waals surface area contributed by atoms with Gasteiger partial charge in [-0.15, -0.1) is 0 Å². The van der Waals surface area contributed by atoms with E-state index in [0.717, 1.165) is 30.5 Å². The van der Waals surface area contributed by atoms with Gasteiger partial charge in [-0.1, -0.05) is 0 Å². The van der Waals surface area contributed by atoms with Gasteiger partial charge in [0.2, 0.25) is 0 Å². The third kappa shape index (κ3) is 3.31. The zero-order valence-electron chi connectivity index (χ0n) is 10.2. The standard InChI is InChI=1S/C12H8F2N2O4S/c13-7-1-4-11(15-6-7)16-21(19,20)8-2-3-10(14)9(5-8)12(17)18/h1-6H,(H,15,16)(H,17,18). The first-order valence-electron chi connectivity index (χ1n) is 5.47. The molecule has 2 rings (SSSR count). The number of benzene rings is 1. The minimum absolute atomic E-state index is 0.155. The van der Waals surface area contributed by atoms with E-state index in [1.54, 1.807) is 0 Å². The van der Waals surface area contributed by atoms with E-state index in [1.807, 2.05) is 4.72 Å². The molecular formula is C12H8F2N2O4S. The number of hydrogen-bond acceptors (Lipinski definition) is 4. The Hall–Kier alpha value is -2.55. The van der Waals surface area contributed by atoms with Crippen LogP contribution in [0.4, 0.5) is 14.6 Å². The predicted octanol–water partition coefficient (Wildman–Crippen LogP) is 1.86. The van der Waals surface area contributed by atoms with Gasteiger partial charge in [0.25, 0.3) is 10.0 Å². The summed E-state index contributed by atoms with van der Waals surface area (Å²) in [7, 11) is -4.16. The molecule has 0 radical (unpaired) electrons. The molecule has 1 aromatic carbocycles. The van der Waals surface area contributed by atoms with Gasteiger partial charge in [0.1, 0.15) is 17.5 Å². The normalized spacial score (nSPS) is 11.1. The van der Waals surface area contributed by atoms with Crippen molar-refractivity contribution in [3.8, 4) is 0 Å². The van der Waals surface area contributed by atoms with Gasteiger partial charge in [0.05, 0.1) is 16.7 Å². The molecule has 0 fully saturated rings. The number of carboxylic acids is 1. The highest BCUT2D eigenvalue weighted by Crippen LogP contribution is 2.18. The number of carbonyl (C=O) groups is 1. The topological polar surface area (TPSA) is 96.4 Å². The highest BCUT2D eigenvalue weighted by molar-refractivity contribution is 7.92. The number of aromatic carboxylic acids is 1. The summed E-state index contributed by atoms with van der Waals surface area (Å²) >= 11 is 0. The van der Waals surface area contributed by atoms with Crippen molar-refractivity contribution in [1.29, 1.82) is 0 Å². The van der Waals surface area contributed by atoms with Crippen molar-refractivity contribution in [2.45, 2.75) is 4.90 Å². The van der Waals surface area contributed by atoms with Crippen LogP contribution in [0, 0.1) is 11.6 Å². The molecule has 6 nitrogen and oxygen atoms in total. The van der Waals surface area contributed by atoms with E-state index in [1.165, 1.54) is 0 Å². The Morgan fingerprint density at radius 1 is 1.19 bits per heavy atom. The highest BCUT2D eigenvalue weighted by Gasteiger charge is 2.19. The summed E-state index contributed by atoms with van der Waals surface area (Å²) in [5.74, 6) is -3.45. The van der Waals surface area contributed by atoms with E-state index >= 15 is 0 Å². The molecule has 2 N–H and O–H groups in total. The van der Waals surface area contributed by atoms with E-state index in [2.05, 4.69) is 4.98 Å². The van der Waals surface area contributed by atoms with Gasteiger partial charge in [-0.3, -0.25) is 4.72 Å². The van der Waals surface area contributed by atoms with Gasteiger partial charge in [-0.2, -0.15) is 0 Å². The van der Waals surface area contributed by atoms with E-state index < -0.39 is 38.1 Å². The number of hydrogen-bond donors (Lipinski definition) is 2. The summed E-state index contributed by atoms with van der Waals surface area (Å²) < 4.78 is 52.0. The van der Waals surface area contributed by atoms with Crippen LogP contribution in [-0.4, -0.2) is 24.5 Å². The predicted molar refractivity (Wildman–Crippen MR) is 68.4 cm³/mol. The molecule has 0 unspecified atom stereocenters. The number of nitrogens with one attached hydrogen (secondary N) is 1. The van der Waals surface area contributed by atoms with Crippen molar-refractivity contribution in [2.75, 3.05) is 4.72 Å². The summed E-state index contributed by atoms with van der Waals surface area (Å²) in [6.07, 6.45) is 0.811. The number of rotatable bonds is 4. The van der Waals surface area contributed by atoms with Crippen LogP contribution in [0.2, 0.25) is 0 Å². The smallest absolute Gasteiger partial charge is 0.338 e. The number of nitrogens with zero attached hydrogens (tertiary/aromatic N) is 1. The molecule has 0 saturated carbocycles. The number of carboxylic acid groups (broad SMARTS) is 1. The maximum Gasteiger partial charge on any atom is 0.338 e. The number of halogens is 2. The molecule has 1 aromatic heterocycles. The molecule has 0 saturated heterocycles. The molecule has 9 heteroatoms. The van der Waals surface area contributed by atoms with Crippen LogP contribution in [0.15, 0.2) is 41.4 Å². The summed E-state index contributed by atoms with van der Waals surface area (Å²) in [6, 6.07) is 4.42. The monoisotopic (exact) mass is 314 g/mol. The fraction of sp³-hybridized carbons (Fsp3) is 0. The second-order valence-corrected chi connectivity index (χ2v) is 5.60. The largest absolute Gasteiger partial charge is 0.478 e. The Bertz CT molecular complexity index is 791. The van der Waals surface area contributed by atoms with Gasteiger partial charge in [0.15, 0.2) is 0 Å². The van der Waals surface area contributed by atoms with Gasteiger partial charge in [0, 0.05) is 0 Å². The quantitative estimate of drug-likeness (QED) is 0.898. The zero-order valence-corrected chi connectivity index (χ0v) is 11.1. The Balaban J connectivity index is 2.38. The van der Waals surface area contributed by atoms with Crippen LogP contribution in [0.5, 0.6) is 0 Å². The summed E-state index contributed by atoms with van der Waals surface area (Å²) in [5, 5.41) is 8.77. The van der Waals surface area contributed by atoms with E-state index in [-0.39, 0.29) is 5.82 Å². The van der Waals surface area contributed by atoms with Crippen LogP contribution >= 0.6 is 0 Å². The average molecular weight is 314 g/mol. The Morgan fingerprint density at radius 3 is 2.48 bits per heavy atom. The van der Waals surface area contributed by atoms with Crippen LogP contribution in [0.25, 0.3) is 0 Å². The lowest BCUT2D eigenvalue weighted by Gasteiger charge is -2.08. The van der Waals surface area contributed by atoms with Gasteiger partial charge in [-0.25, -0.2) is 27.0 Å². The SMILES string of the molecule is O=C(O)c1cc(S(=O)(=O)Nc2ccc(F)cn2)ccc1F. The molecular weight excluding hydrogens is 306 g/mol. The molecule has 0 atom stereocenters. The van der Waals surface area contributed by atoms with Crippen molar-refractivity contribution in [1.82, 2.24) is 4.98 Å². The lowest BCUT2D eigenvalue weighted by Crippen LogP contribution is -2.15. The molecule has 0 aliphatic carbocycles. The Labute approximate surface area is 118 Å². The van der Waals surface area contributed by atoms with Crippen LogP contribution in [-0.2, 0) is 10.0 Å². The average Bonchev–Trinajstić information content (AvgIpc) is 2.41. The molecule has 110 valence electrons. The first kappa shape index (κ1) is 14.9. The number of pyridine rings is 1. The van der Waals surface area contributed by atoms with Crippen LogP contribution in [0.1, 0.15) is 10.4 Å². The van der Waals surface area contributed by atoms with E-state index in [4.69, 9.17) is 5.11 Å². The summed E-state index contributed by atoms with van der Waals surface area (Å²) in [4.78, 5) is 13.8. The van der Waals surface area contributed by atoms with Crippen molar-refractivity contribution in [2.24, 2.45) is 0 Å². The van der Waals surface area contributed by atoms with E-state index in [0.29, 0.717) is 6.07 Å². The van der Waals surface area contributed by atoms with Gasteiger partial charge < -0.3 is 5.11 Å². The molecule has 2 aromatic rings. The third-order valence-electron chi connectivity index (χ3n) is 2.44. The lowest BCUT2D eigenvalue weighted by atomic mass is 10.2. The number of aromatic nitrogens is 1. The van der Waals surface area contributed by atoms with Crippen molar-refractivity contribution in [3.05, 3.63) is 53.7 Å². The Morgan fingerprint density at radius 2 is 1.90 bits per heavy atom. The zero-order chi connectivity index (χ0) is 15.6. The number of sulfonamides is 1. The van der Waals surface area contributed by atoms with Gasteiger partial charge in [-0.05, 0) is 30.3 Å². The molecule has 0 spiro atoms. The van der Waals surface area contributed by atoms with Gasteiger partial charge >= 0.3 is 5.97 Å². The number of anilines is 1. The van der Waals surface area contributed by atoms with Crippen LogP contribution in [0.3, 0.4) is 0 Å². The maximum absolute atomic E-state index is 13.2. The molecule has 0 aliphatic rings. The molecule has 21 heavy (non-hydrogen) atoms. The lowest BCUT2D eigenvalue weighted by molar-refractivity contribution is 0.0691. The first-order chi connectivity index (χ1) is 9.79. The first-order valence-corrected chi connectivity index (χ1v) is 6.95. The van der Waals surface area contributed by atoms with Crippen molar-refractivity contribution < 1.29 is 27.1 Å². The second-order valence-electron chi connectivity index (χ2n) is 3.91. The maximum atomic E-state index is 13.2. The van der Waals surface area contributed by atoms with Crippen molar-refractivity contribution in [3.63, 3.8) is 0 Å². The summed E-state index contributed by atoms with van der Waals surface area (Å²) in [6.45, 7) is 0. The molecule has 0 amide bonds.